The summed E-state index contributed by atoms with van der Waals surface area (Å²) in [6.07, 6.45) is 3.83. The molecule has 1 fully saturated rings. The van der Waals surface area contributed by atoms with Gasteiger partial charge in [0.05, 0.1) is 0 Å². The van der Waals surface area contributed by atoms with Crippen molar-refractivity contribution < 1.29 is 4.74 Å². The SMILES string of the molecule is CCCNC1CC(Oc2cccc3ccccc23)C1. The van der Waals surface area contributed by atoms with Gasteiger partial charge in [-0.2, -0.15) is 0 Å². The van der Waals surface area contributed by atoms with Crippen LogP contribution in [0.15, 0.2) is 42.5 Å². The maximum atomic E-state index is 6.13. The molecule has 0 saturated heterocycles. The summed E-state index contributed by atoms with van der Waals surface area (Å²) in [6, 6.07) is 15.3. The van der Waals surface area contributed by atoms with Gasteiger partial charge >= 0.3 is 0 Å². The molecule has 1 saturated carbocycles. The molecule has 19 heavy (non-hydrogen) atoms. The summed E-state index contributed by atoms with van der Waals surface area (Å²) >= 11 is 0. The molecule has 0 atom stereocenters. The summed E-state index contributed by atoms with van der Waals surface area (Å²) in [4.78, 5) is 0. The Balaban J connectivity index is 1.64. The first-order valence-electron chi connectivity index (χ1n) is 7.24. The van der Waals surface area contributed by atoms with Crippen LogP contribution in [-0.2, 0) is 0 Å². The minimum atomic E-state index is 0.375. The highest BCUT2D eigenvalue weighted by atomic mass is 16.5. The second-order valence-electron chi connectivity index (χ2n) is 5.34. The Morgan fingerprint density at radius 3 is 2.74 bits per heavy atom. The van der Waals surface area contributed by atoms with Crippen LogP contribution in [0.2, 0.25) is 0 Å². The van der Waals surface area contributed by atoms with Crippen LogP contribution in [0.25, 0.3) is 10.8 Å². The molecule has 2 heteroatoms. The third-order valence-corrected chi connectivity index (χ3v) is 3.82. The van der Waals surface area contributed by atoms with Gasteiger partial charge < -0.3 is 10.1 Å². The van der Waals surface area contributed by atoms with Crippen LogP contribution in [0.1, 0.15) is 26.2 Å². The molecule has 0 amide bonds. The van der Waals surface area contributed by atoms with Crippen molar-refractivity contribution in [2.75, 3.05) is 6.54 Å². The van der Waals surface area contributed by atoms with Gasteiger partial charge in [-0.3, -0.25) is 0 Å². The van der Waals surface area contributed by atoms with E-state index >= 15 is 0 Å². The fraction of sp³-hybridized carbons (Fsp3) is 0.412. The summed E-state index contributed by atoms with van der Waals surface area (Å²) in [5.74, 6) is 1.03. The summed E-state index contributed by atoms with van der Waals surface area (Å²) in [6.45, 7) is 3.32. The fourth-order valence-corrected chi connectivity index (χ4v) is 2.66. The van der Waals surface area contributed by atoms with Crippen LogP contribution >= 0.6 is 0 Å². The van der Waals surface area contributed by atoms with E-state index in [0.717, 1.165) is 25.1 Å². The van der Waals surface area contributed by atoms with E-state index in [2.05, 4.69) is 54.7 Å². The molecule has 0 spiro atoms. The molecule has 0 unspecified atom stereocenters. The van der Waals surface area contributed by atoms with Crippen molar-refractivity contribution in [3.05, 3.63) is 42.5 Å². The Hall–Kier alpha value is -1.54. The Morgan fingerprint density at radius 1 is 1.11 bits per heavy atom. The summed E-state index contributed by atoms with van der Waals surface area (Å²) in [5, 5.41) is 6.01. The Labute approximate surface area is 114 Å². The largest absolute Gasteiger partial charge is 0.490 e. The third kappa shape index (κ3) is 2.74. The van der Waals surface area contributed by atoms with Crippen molar-refractivity contribution in [3.63, 3.8) is 0 Å². The number of hydrogen-bond donors (Lipinski definition) is 1. The Bertz CT molecular complexity index is 540. The summed E-state index contributed by atoms with van der Waals surface area (Å²) in [7, 11) is 0. The van der Waals surface area contributed by atoms with Gasteiger partial charge in [0, 0.05) is 11.4 Å². The molecule has 2 aromatic rings. The van der Waals surface area contributed by atoms with Crippen LogP contribution in [0.4, 0.5) is 0 Å². The predicted octanol–water partition coefficient (Wildman–Crippen LogP) is 3.75. The van der Waals surface area contributed by atoms with E-state index in [-0.39, 0.29) is 0 Å². The molecule has 0 aliphatic heterocycles. The topological polar surface area (TPSA) is 21.3 Å². The molecular formula is C17H21NO. The zero-order valence-electron chi connectivity index (χ0n) is 11.4. The lowest BCUT2D eigenvalue weighted by atomic mass is 9.89. The second-order valence-corrected chi connectivity index (χ2v) is 5.34. The van der Waals surface area contributed by atoms with Gasteiger partial charge in [-0.05, 0) is 37.3 Å². The number of hydrogen-bond acceptors (Lipinski definition) is 2. The summed E-state index contributed by atoms with van der Waals surface area (Å²) < 4.78 is 6.13. The summed E-state index contributed by atoms with van der Waals surface area (Å²) in [5.41, 5.74) is 0. The first-order valence-corrected chi connectivity index (χ1v) is 7.24. The third-order valence-electron chi connectivity index (χ3n) is 3.82. The highest BCUT2D eigenvalue weighted by molar-refractivity contribution is 5.88. The number of benzene rings is 2. The molecule has 0 aromatic heterocycles. The highest BCUT2D eigenvalue weighted by Crippen LogP contribution is 2.31. The quantitative estimate of drug-likeness (QED) is 0.878. The van der Waals surface area contributed by atoms with E-state index < -0.39 is 0 Å². The first kappa shape index (κ1) is 12.5. The smallest absolute Gasteiger partial charge is 0.127 e. The van der Waals surface area contributed by atoms with Gasteiger partial charge in [-0.15, -0.1) is 0 Å². The zero-order valence-corrected chi connectivity index (χ0v) is 11.4. The molecule has 0 radical (unpaired) electrons. The Kier molecular flexibility index (Phi) is 3.69. The molecule has 3 rings (SSSR count). The average molecular weight is 255 g/mol. The second kappa shape index (κ2) is 5.62. The van der Waals surface area contributed by atoms with E-state index in [4.69, 9.17) is 4.74 Å². The van der Waals surface area contributed by atoms with Crippen LogP contribution in [-0.4, -0.2) is 18.7 Å². The van der Waals surface area contributed by atoms with Crippen molar-refractivity contribution in [2.45, 2.75) is 38.3 Å². The van der Waals surface area contributed by atoms with Gasteiger partial charge in [0.25, 0.3) is 0 Å². The van der Waals surface area contributed by atoms with Gasteiger partial charge in [0.2, 0.25) is 0 Å². The lowest BCUT2D eigenvalue weighted by Gasteiger charge is -2.36. The lowest BCUT2D eigenvalue weighted by molar-refractivity contribution is 0.0867. The molecule has 1 aliphatic rings. The molecular weight excluding hydrogens is 234 g/mol. The van der Waals surface area contributed by atoms with Crippen molar-refractivity contribution in [1.29, 1.82) is 0 Å². The van der Waals surface area contributed by atoms with Crippen molar-refractivity contribution in [2.24, 2.45) is 0 Å². The van der Waals surface area contributed by atoms with Gasteiger partial charge in [-0.25, -0.2) is 0 Å². The van der Waals surface area contributed by atoms with Crippen LogP contribution in [0.5, 0.6) is 5.75 Å². The molecule has 0 bridgehead atoms. The minimum Gasteiger partial charge on any atom is -0.490 e. The molecule has 0 heterocycles. The number of ether oxygens (including phenoxy) is 1. The van der Waals surface area contributed by atoms with Gasteiger partial charge in [0.1, 0.15) is 11.9 Å². The van der Waals surface area contributed by atoms with E-state index in [1.165, 1.54) is 17.2 Å². The van der Waals surface area contributed by atoms with E-state index in [0.29, 0.717) is 12.1 Å². The van der Waals surface area contributed by atoms with Crippen LogP contribution in [0, 0.1) is 0 Å². The maximum Gasteiger partial charge on any atom is 0.127 e. The highest BCUT2D eigenvalue weighted by Gasteiger charge is 2.30. The van der Waals surface area contributed by atoms with E-state index in [1.54, 1.807) is 0 Å². The lowest BCUT2D eigenvalue weighted by Crippen LogP contribution is -2.46. The molecule has 2 nitrogen and oxygen atoms in total. The monoisotopic (exact) mass is 255 g/mol. The zero-order chi connectivity index (χ0) is 13.1. The fourth-order valence-electron chi connectivity index (χ4n) is 2.66. The average Bonchev–Trinajstić information content (AvgIpc) is 2.41. The predicted molar refractivity (Wildman–Crippen MR) is 79.7 cm³/mol. The van der Waals surface area contributed by atoms with Crippen molar-refractivity contribution in [3.8, 4) is 5.75 Å². The molecule has 2 aromatic carbocycles. The van der Waals surface area contributed by atoms with Crippen molar-refractivity contribution >= 4 is 10.8 Å². The van der Waals surface area contributed by atoms with Gasteiger partial charge in [-0.1, -0.05) is 43.3 Å². The van der Waals surface area contributed by atoms with Crippen LogP contribution < -0.4 is 10.1 Å². The minimum absolute atomic E-state index is 0.375. The van der Waals surface area contributed by atoms with E-state index in [1.807, 2.05) is 0 Å². The van der Waals surface area contributed by atoms with E-state index in [9.17, 15) is 0 Å². The normalized spacial score (nSPS) is 22.2. The number of fused-ring (bicyclic) bond motifs is 1. The van der Waals surface area contributed by atoms with Crippen molar-refractivity contribution in [1.82, 2.24) is 5.32 Å². The Morgan fingerprint density at radius 2 is 1.89 bits per heavy atom. The number of rotatable bonds is 5. The molecule has 1 N–H and O–H groups in total. The molecule has 100 valence electrons. The van der Waals surface area contributed by atoms with Gasteiger partial charge in [0.15, 0.2) is 0 Å². The maximum absolute atomic E-state index is 6.13. The van der Waals surface area contributed by atoms with Crippen LogP contribution in [0.3, 0.4) is 0 Å². The number of nitrogens with one attached hydrogen (secondary N) is 1. The molecule has 1 aliphatic carbocycles. The standard InChI is InChI=1S/C17H21NO/c1-2-10-18-14-11-15(12-14)19-17-9-5-7-13-6-3-4-8-16(13)17/h3-9,14-15,18H,2,10-12H2,1H3. The first-order chi connectivity index (χ1) is 9.36.